The number of methoxy groups -OCH3 is 1. The minimum Gasteiger partial charge on any atom is -0.497 e. The molecular weight excluding hydrogens is 449 g/mol. The van der Waals surface area contributed by atoms with Gasteiger partial charge >= 0.3 is 5.97 Å². The maximum atomic E-state index is 13.8. The fraction of sp³-hybridized carbons (Fsp3) is 0.148. The van der Waals surface area contributed by atoms with Gasteiger partial charge in [-0.05, 0) is 79.1 Å². The number of rotatable bonds is 4. The first-order valence-corrected chi connectivity index (χ1v) is 11.2. The molecule has 3 aromatic carbocycles. The molecule has 1 aliphatic rings. The lowest BCUT2D eigenvalue weighted by Crippen LogP contribution is -2.26. The number of carboxylic acids is 1. The molecule has 0 amide bonds. The first kappa shape index (κ1) is 21.1. The van der Waals surface area contributed by atoms with Crippen LogP contribution in [0, 0.1) is 5.82 Å². The molecular formula is C27H20FN3O4. The Hall–Kier alpha value is -4.46. The van der Waals surface area contributed by atoms with Gasteiger partial charge in [-0.3, -0.25) is 0 Å². The van der Waals surface area contributed by atoms with Crippen molar-refractivity contribution in [2.24, 2.45) is 0 Å². The average Bonchev–Trinajstić information content (AvgIpc) is 3.29. The molecule has 0 fully saturated rings. The van der Waals surface area contributed by atoms with Gasteiger partial charge in [0.05, 0.1) is 23.7 Å². The molecule has 1 aliphatic heterocycles. The number of furan rings is 1. The minimum absolute atomic E-state index is 0.133. The van der Waals surface area contributed by atoms with Crippen molar-refractivity contribution in [1.29, 1.82) is 0 Å². The number of hydrogen-bond donors (Lipinski definition) is 1. The second kappa shape index (κ2) is 8.09. The predicted octanol–water partition coefficient (Wildman–Crippen LogP) is 5.97. The van der Waals surface area contributed by atoms with Gasteiger partial charge in [0.25, 0.3) is 0 Å². The fourth-order valence-electron chi connectivity index (χ4n) is 4.58. The van der Waals surface area contributed by atoms with Gasteiger partial charge < -0.3 is 19.2 Å². The van der Waals surface area contributed by atoms with Crippen molar-refractivity contribution in [3.8, 4) is 17.2 Å². The molecule has 0 aliphatic carbocycles. The molecule has 174 valence electrons. The molecule has 8 heteroatoms. The number of ether oxygens (including phenoxy) is 1. The normalized spacial score (nSPS) is 13.3. The van der Waals surface area contributed by atoms with Gasteiger partial charge in [-0.1, -0.05) is 0 Å². The van der Waals surface area contributed by atoms with Crippen LogP contribution in [0.2, 0.25) is 0 Å². The van der Waals surface area contributed by atoms with E-state index < -0.39 is 5.97 Å². The second-order valence-electron chi connectivity index (χ2n) is 8.45. The molecule has 5 aromatic rings. The van der Waals surface area contributed by atoms with Crippen molar-refractivity contribution in [3.63, 3.8) is 0 Å². The van der Waals surface area contributed by atoms with E-state index in [1.54, 1.807) is 25.3 Å². The fourth-order valence-corrected chi connectivity index (χ4v) is 4.58. The van der Waals surface area contributed by atoms with Gasteiger partial charge in [0, 0.05) is 17.6 Å². The molecule has 0 atom stereocenters. The zero-order valence-electron chi connectivity index (χ0n) is 18.8. The Bertz CT molecular complexity index is 1630. The number of aromatic carboxylic acids is 1. The molecule has 0 radical (unpaired) electrons. The van der Waals surface area contributed by atoms with Crippen LogP contribution in [0.4, 0.5) is 15.9 Å². The number of fused-ring (bicyclic) bond motifs is 3. The van der Waals surface area contributed by atoms with E-state index in [1.807, 2.05) is 18.2 Å². The topological polar surface area (TPSA) is 88.7 Å². The monoisotopic (exact) mass is 469 g/mol. The first-order valence-electron chi connectivity index (χ1n) is 11.2. The highest BCUT2D eigenvalue weighted by Gasteiger charge is 2.26. The summed E-state index contributed by atoms with van der Waals surface area (Å²) in [7, 11) is 1.64. The first-order chi connectivity index (χ1) is 17.0. The van der Waals surface area contributed by atoms with Crippen LogP contribution in [0.25, 0.3) is 33.5 Å². The molecule has 0 unspecified atom stereocenters. The lowest BCUT2D eigenvalue weighted by molar-refractivity contribution is 0.0697. The largest absolute Gasteiger partial charge is 0.497 e. The van der Waals surface area contributed by atoms with Crippen LogP contribution >= 0.6 is 0 Å². The number of halogens is 1. The van der Waals surface area contributed by atoms with Gasteiger partial charge in [-0.15, -0.1) is 0 Å². The van der Waals surface area contributed by atoms with E-state index in [9.17, 15) is 14.3 Å². The third-order valence-electron chi connectivity index (χ3n) is 6.27. The molecule has 3 heterocycles. The highest BCUT2D eigenvalue weighted by molar-refractivity contribution is 5.94. The van der Waals surface area contributed by atoms with Crippen LogP contribution in [0.15, 0.2) is 65.1 Å². The Morgan fingerprint density at radius 3 is 2.77 bits per heavy atom. The van der Waals surface area contributed by atoms with Crippen molar-refractivity contribution in [2.45, 2.75) is 12.8 Å². The van der Waals surface area contributed by atoms with E-state index >= 15 is 0 Å². The van der Waals surface area contributed by atoms with Gasteiger partial charge in [0.2, 0.25) is 0 Å². The molecule has 1 N–H and O–H groups in total. The molecule has 2 aromatic heterocycles. The smallest absolute Gasteiger partial charge is 0.335 e. The van der Waals surface area contributed by atoms with Gasteiger partial charge in [-0.25, -0.2) is 19.2 Å². The number of anilines is 2. The lowest BCUT2D eigenvalue weighted by Gasteiger charge is -2.31. The van der Waals surface area contributed by atoms with Crippen molar-refractivity contribution in [1.82, 2.24) is 9.97 Å². The second-order valence-corrected chi connectivity index (χ2v) is 8.45. The zero-order chi connectivity index (χ0) is 24.1. The zero-order valence-corrected chi connectivity index (χ0v) is 18.8. The van der Waals surface area contributed by atoms with Crippen LogP contribution in [-0.2, 0) is 6.42 Å². The Morgan fingerprint density at radius 1 is 1.06 bits per heavy atom. The van der Waals surface area contributed by atoms with Gasteiger partial charge in [0.1, 0.15) is 22.8 Å². The number of hydrogen-bond acceptors (Lipinski definition) is 6. The summed E-state index contributed by atoms with van der Waals surface area (Å²) >= 11 is 0. The standard InChI is InChI=1S/C27H20FN3O4/c1-34-19-6-8-22-15(12-19)3-2-10-31(22)26-25(24-14-17-11-18(28)5-9-23(17)35-24)29-20-7-4-16(27(32)33)13-21(20)30-26/h4-9,11-14H,2-3,10H2,1H3,(H,32,33). The molecule has 0 spiro atoms. The molecule has 6 rings (SSSR count). The molecule has 0 bridgehead atoms. The summed E-state index contributed by atoms with van der Waals surface area (Å²) in [6.45, 7) is 0.694. The Balaban J connectivity index is 1.59. The summed E-state index contributed by atoms with van der Waals surface area (Å²) in [5.41, 5.74) is 4.27. The van der Waals surface area contributed by atoms with E-state index in [4.69, 9.17) is 19.1 Å². The highest BCUT2D eigenvalue weighted by Crippen LogP contribution is 2.40. The van der Waals surface area contributed by atoms with Crippen molar-refractivity contribution in [2.75, 3.05) is 18.6 Å². The van der Waals surface area contributed by atoms with Crippen molar-refractivity contribution < 1.29 is 23.4 Å². The number of carbonyl (C=O) groups is 1. The average molecular weight is 469 g/mol. The number of carboxylic acid groups (broad SMARTS) is 1. The quantitative estimate of drug-likeness (QED) is 0.347. The SMILES string of the molecule is COc1ccc2c(c1)CCCN2c1nc2cc(C(=O)O)ccc2nc1-c1cc2cc(F)ccc2o1. The van der Waals surface area contributed by atoms with Crippen LogP contribution in [0.5, 0.6) is 5.75 Å². The van der Waals surface area contributed by atoms with E-state index in [0.29, 0.717) is 45.8 Å². The van der Waals surface area contributed by atoms with Crippen LogP contribution in [-0.4, -0.2) is 34.7 Å². The Morgan fingerprint density at radius 2 is 1.94 bits per heavy atom. The molecule has 0 saturated carbocycles. The van der Waals surface area contributed by atoms with Crippen molar-refractivity contribution >= 4 is 39.5 Å². The molecule has 35 heavy (non-hydrogen) atoms. The van der Waals surface area contributed by atoms with Crippen LogP contribution in [0.3, 0.4) is 0 Å². The number of nitrogens with zero attached hydrogens (tertiary/aromatic N) is 3. The summed E-state index contributed by atoms with van der Waals surface area (Å²) in [4.78, 5) is 23.3. The highest BCUT2D eigenvalue weighted by atomic mass is 19.1. The number of aromatic nitrogens is 2. The summed E-state index contributed by atoms with van der Waals surface area (Å²) in [6, 6.07) is 16.7. The van der Waals surface area contributed by atoms with Gasteiger partial charge in [-0.2, -0.15) is 0 Å². The molecule has 0 saturated heterocycles. The Labute approximate surface area is 199 Å². The number of aryl methyl sites for hydroxylation is 1. The minimum atomic E-state index is -1.03. The van der Waals surface area contributed by atoms with E-state index in [2.05, 4.69) is 4.90 Å². The third kappa shape index (κ3) is 3.63. The molecule has 7 nitrogen and oxygen atoms in total. The van der Waals surface area contributed by atoms with E-state index in [1.165, 1.54) is 24.3 Å². The lowest BCUT2D eigenvalue weighted by atomic mass is 10.0. The van der Waals surface area contributed by atoms with Crippen LogP contribution < -0.4 is 9.64 Å². The van der Waals surface area contributed by atoms with Crippen molar-refractivity contribution in [3.05, 3.63) is 77.6 Å². The summed E-state index contributed by atoms with van der Waals surface area (Å²) in [6.07, 6.45) is 1.78. The summed E-state index contributed by atoms with van der Waals surface area (Å²) in [5.74, 6) is 0.397. The Kier molecular flexibility index (Phi) is 4.88. The van der Waals surface area contributed by atoms with E-state index in [-0.39, 0.29) is 11.4 Å². The predicted molar refractivity (Wildman–Crippen MR) is 130 cm³/mol. The van der Waals surface area contributed by atoms with Crippen LogP contribution in [0.1, 0.15) is 22.3 Å². The maximum Gasteiger partial charge on any atom is 0.335 e. The summed E-state index contributed by atoms with van der Waals surface area (Å²) in [5, 5.41) is 10.1. The summed E-state index contributed by atoms with van der Waals surface area (Å²) < 4.78 is 25.3. The maximum absolute atomic E-state index is 13.8. The van der Waals surface area contributed by atoms with E-state index in [0.717, 1.165) is 29.8 Å². The number of benzene rings is 3. The van der Waals surface area contributed by atoms with Gasteiger partial charge in [0.15, 0.2) is 11.6 Å². The third-order valence-corrected chi connectivity index (χ3v) is 6.27.